The predicted molar refractivity (Wildman–Crippen MR) is 128 cm³/mol. The molecule has 0 heterocycles. The average molecular weight is 465 g/mol. The minimum atomic E-state index is -0.380. The molecule has 0 amide bonds. The summed E-state index contributed by atoms with van der Waals surface area (Å²) in [5, 5.41) is 20.4. The quantitative estimate of drug-likeness (QED) is 0.227. The molecule has 0 unspecified atom stereocenters. The molecule has 32 heavy (non-hydrogen) atoms. The van der Waals surface area contributed by atoms with Crippen LogP contribution in [0.2, 0.25) is 5.02 Å². The smallest absolute Gasteiger partial charge is 0.306 e. The molecule has 178 valence electrons. The molecule has 0 bridgehead atoms. The fraction of sp³-hybridized carbons (Fsp3) is 0.577. The minimum Gasteiger partial charge on any atom is -0.493 e. The number of carbonyl (C=O) groups is 1. The van der Waals surface area contributed by atoms with Crippen molar-refractivity contribution in [2.45, 2.75) is 58.0 Å². The fourth-order valence-corrected chi connectivity index (χ4v) is 4.74. The molecule has 1 aromatic carbocycles. The molecule has 4 atom stereocenters. The molecule has 0 spiro atoms. The number of aliphatic hydroxyl groups is 2. The van der Waals surface area contributed by atoms with Gasteiger partial charge in [0.1, 0.15) is 12.4 Å². The number of allylic oxidation sites excluding steroid dienone is 2. The van der Waals surface area contributed by atoms with E-state index in [0.717, 1.165) is 37.7 Å². The van der Waals surface area contributed by atoms with Gasteiger partial charge in [-0.15, -0.1) is 0 Å². The molecule has 1 saturated carbocycles. The second kappa shape index (κ2) is 14.4. The molecule has 2 N–H and O–H groups in total. The van der Waals surface area contributed by atoms with Gasteiger partial charge in [-0.2, -0.15) is 0 Å². The van der Waals surface area contributed by atoms with Crippen LogP contribution in [0, 0.1) is 17.8 Å². The van der Waals surface area contributed by atoms with E-state index in [0.29, 0.717) is 42.1 Å². The minimum absolute atomic E-state index is 0.0544. The summed E-state index contributed by atoms with van der Waals surface area (Å²) in [5.41, 5.74) is 0.932. The number of unbranched alkanes of at least 4 members (excludes halogenated alkanes) is 1. The molecule has 1 fully saturated rings. The highest BCUT2D eigenvalue weighted by Gasteiger charge is 2.41. The van der Waals surface area contributed by atoms with Gasteiger partial charge in [0, 0.05) is 24.0 Å². The van der Waals surface area contributed by atoms with Gasteiger partial charge >= 0.3 is 5.97 Å². The third kappa shape index (κ3) is 8.61. The van der Waals surface area contributed by atoms with Crippen molar-refractivity contribution in [1.29, 1.82) is 0 Å². The summed E-state index contributed by atoms with van der Waals surface area (Å²) < 4.78 is 11.0. The monoisotopic (exact) mass is 464 g/mol. The van der Waals surface area contributed by atoms with Crippen LogP contribution in [0.15, 0.2) is 43.0 Å². The SMILES string of the molecule is C=CCOC(=O)CCC/C=C\C[C@H]1[C@H](CC)C[C@@H](O)[C@@H]1COc1cc(Cl)cc(CCO)c1. The maximum absolute atomic E-state index is 11.5. The summed E-state index contributed by atoms with van der Waals surface area (Å²) in [6.07, 6.45) is 10.7. The molecule has 0 aromatic heterocycles. The van der Waals surface area contributed by atoms with E-state index in [1.54, 1.807) is 12.1 Å². The molecule has 1 aliphatic rings. The Morgan fingerprint density at radius 1 is 1.28 bits per heavy atom. The van der Waals surface area contributed by atoms with Crippen LogP contribution < -0.4 is 4.74 Å². The Labute approximate surface area is 197 Å². The zero-order chi connectivity index (χ0) is 23.3. The first-order valence-corrected chi connectivity index (χ1v) is 12.0. The van der Waals surface area contributed by atoms with Crippen molar-refractivity contribution in [1.82, 2.24) is 0 Å². The molecule has 5 nitrogen and oxygen atoms in total. The van der Waals surface area contributed by atoms with Crippen LogP contribution >= 0.6 is 11.6 Å². The van der Waals surface area contributed by atoms with Crippen molar-refractivity contribution < 1.29 is 24.5 Å². The number of carbonyl (C=O) groups excluding carboxylic acids is 1. The molecule has 1 aliphatic carbocycles. The Kier molecular flexibility index (Phi) is 11.9. The zero-order valence-electron chi connectivity index (χ0n) is 19.0. The number of aliphatic hydroxyl groups excluding tert-OH is 2. The van der Waals surface area contributed by atoms with Gasteiger partial charge in [-0.05, 0) is 67.7 Å². The van der Waals surface area contributed by atoms with E-state index in [9.17, 15) is 15.0 Å². The van der Waals surface area contributed by atoms with Gasteiger partial charge in [-0.25, -0.2) is 0 Å². The maximum atomic E-state index is 11.5. The Morgan fingerprint density at radius 2 is 2.09 bits per heavy atom. The van der Waals surface area contributed by atoms with Crippen LogP contribution in [-0.4, -0.2) is 42.1 Å². The molecule has 0 saturated heterocycles. The molecule has 0 aliphatic heterocycles. The van der Waals surface area contributed by atoms with Crippen molar-refractivity contribution in [2.24, 2.45) is 17.8 Å². The normalized spacial score (nSPS) is 22.9. The predicted octanol–water partition coefficient (Wildman–Crippen LogP) is 5.12. The maximum Gasteiger partial charge on any atom is 0.306 e. The standard InChI is InChI=1S/C26H37ClO5/c1-3-13-31-26(30)10-8-6-5-7-9-23-20(4-2)16-25(29)24(23)18-32-22-15-19(11-12-28)14-21(27)17-22/h3,5,7,14-15,17,20,23-25,28-29H,1,4,6,8-13,16,18H2,2H3/b7-5-/t20-,23+,24-,25-/m1/s1. The summed E-state index contributed by atoms with van der Waals surface area (Å²) in [7, 11) is 0. The fourth-order valence-electron chi connectivity index (χ4n) is 4.50. The third-order valence-corrected chi connectivity index (χ3v) is 6.40. The van der Waals surface area contributed by atoms with Crippen molar-refractivity contribution in [3.8, 4) is 5.75 Å². The number of ether oxygens (including phenoxy) is 2. The lowest BCUT2D eigenvalue weighted by Gasteiger charge is -2.24. The van der Waals surface area contributed by atoms with Gasteiger partial charge in [0.15, 0.2) is 0 Å². The highest BCUT2D eigenvalue weighted by atomic mass is 35.5. The number of benzene rings is 1. The lowest BCUT2D eigenvalue weighted by Crippen LogP contribution is -2.26. The van der Waals surface area contributed by atoms with Crippen LogP contribution in [0.25, 0.3) is 0 Å². The summed E-state index contributed by atoms with van der Waals surface area (Å²) in [5.74, 6) is 1.34. The van der Waals surface area contributed by atoms with E-state index in [-0.39, 0.29) is 31.2 Å². The largest absolute Gasteiger partial charge is 0.493 e. The Hall–Kier alpha value is -1.82. The summed E-state index contributed by atoms with van der Waals surface area (Å²) >= 11 is 6.19. The van der Waals surface area contributed by atoms with Gasteiger partial charge in [0.2, 0.25) is 0 Å². The first-order chi connectivity index (χ1) is 15.5. The first-order valence-electron chi connectivity index (χ1n) is 11.6. The molecular formula is C26H37ClO5. The number of hydrogen-bond donors (Lipinski definition) is 2. The van der Waals surface area contributed by atoms with Gasteiger partial charge in [0.25, 0.3) is 0 Å². The highest BCUT2D eigenvalue weighted by molar-refractivity contribution is 6.30. The van der Waals surface area contributed by atoms with Crippen LogP contribution in [0.3, 0.4) is 0 Å². The number of hydrogen-bond acceptors (Lipinski definition) is 5. The summed E-state index contributed by atoms with van der Waals surface area (Å²) in [4.78, 5) is 11.5. The van der Waals surface area contributed by atoms with E-state index in [1.807, 2.05) is 12.1 Å². The lowest BCUT2D eigenvalue weighted by molar-refractivity contribution is -0.142. The number of halogens is 1. The third-order valence-electron chi connectivity index (χ3n) is 6.18. The van der Waals surface area contributed by atoms with Crippen LogP contribution in [0.1, 0.15) is 51.0 Å². The van der Waals surface area contributed by atoms with E-state index >= 15 is 0 Å². The summed E-state index contributed by atoms with van der Waals surface area (Å²) in [6, 6.07) is 5.50. The molecule has 6 heteroatoms. The number of esters is 1. The number of rotatable bonds is 14. The second-order valence-corrected chi connectivity index (χ2v) is 8.89. The Morgan fingerprint density at radius 3 is 2.81 bits per heavy atom. The zero-order valence-corrected chi connectivity index (χ0v) is 19.8. The van der Waals surface area contributed by atoms with Crippen molar-refractivity contribution in [3.63, 3.8) is 0 Å². The van der Waals surface area contributed by atoms with E-state index in [4.69, 9.17) is 21.1 Å². The Balaban J connectivity index is 1.88. The van der Waals surface area contributed by atoms with E-state index in [1.165, 1.54) is 0 Å². The molecular weight excluding hydrogens is 428 g/mol. The molecule has 1 aromatic rings. The van der Waals surface area contributed by atoms with E-state index in [2.05, 4.69) is 25.7 Å². The van der Waals surface area contributed by atoms with Crippen molar-refractivity contribution in [2.75, 3.05) is 19.8 Å². The highest BCUT2D eigenvalue weighted by Crippen LogP contribution is 2.42. The van der Waals surface area contributed by atoms with Crippen LogP contribution in [-0.2, 0) is 16.0 Å². The van der Waals surface area contributed by atoms with Gasteiger partial charge in [-0.1, -0.05) is 49.8 Å². The topological polar surface area (TPSA) is 76.0 Å². The Bertz CT molecular complexity index is 748. The van der Waals surface area contributed by atoms with Gasteiger partial charge in [-0.3, -0.25) is 4.79 Å². The van der Waals surface area contributed by atoms with Gasteiger partial charge < -0.3 is 19.7 Å². The molecule has 2 rings (SSSR count). The van der Waals surface area contributed by atoms with E-state index < -0.39 is 0 Å². The molecule has 0 radical (unpaired) electrons. The average Bonchev–Trinajstić information content (AvgIpc) is 3.07. The first kappa shape index (κ1) is 26.4. The van der Waals surface area contributed by atoms with Crippen LogP contribution in [0.4, 0.5) is 0 Å². The second-order valence-electron chi connectivity index (χ2n) is 8.45. The lowest BCUT2D eigenvalue weighted by atomic mass is 9.85. The van der Waals surface area contributed by atoms with Gasteiger partial charge in [0.05, 0.1) is 12.7 Å². The van der Waals surface area contributed by atoms with Crippen LogP contribution in [0.5, 0.6) is 5.75 Å². The van der Waals surface area contributed by atoms with Crippen molar-refractivity contribution in [3.05, 3.63) is 53.6 Å². The van der Waals surface area contributed by atoms with Crippen molar-refractivity contribution >= 4 is 17.6 Å². The summed E-state index contributed by atoms with van der Waals surface area (Å²) in [6.45, 7) is 6.46.